The lowest BCUT2D eigenvalue weighted by atomic mass is 9.85. The van der Waals surface area contributed by atoms with Crippen molar-refractivity contribution in [2.75, 3.05) is 0 Å². The molecule has 0 bridgehead atoms. The van der Waals surface area contributed by atoms with E-state index in [9.17, 15) is 25.2 Å². The van der Waals surface area contributed by atoms with E-state index in [1.807, 2.05) is 52.8 Å². The summed E-state index contributed by atoms with van der Waals surface area (Å²) in [6.07, 6.45) is 15.1. The van der Waals surface area contributed by atoms with Crippen molar-refractivity contribution >= 4 is 5.97 Å². The Hall–Kier alpha value is -1.99. The molecule has 0 saturated heterocycles. The third kappa shape index (κ3) is 12.4. The minimum Gasteiger partial charge on any atom is -0.458 e. The van der Waals surface area contributed by atoms with Crippen LogP contribution in [0.1, 0.15) is 66.7 Å². The van der Waals surface area contributed by atoms with Gasteiger partial charge in [-0.3, -0.25) is 0 Å². The number of aliphatic hydroxyl groups is 4. The standard InChI is InChI=1S/C31H50O6/c1-7-8-13-24(5)31-25(6)27(33)16-11-9-15-22(3)30(36)23(4)18-19-26(32)20-28(34)21(2)14-10-12-17-29(35)37-31/h7-8,10,12-14,17-19,21-28,30-34,36H,1,9,11,15-16,20H2,2-6H3/b13-8-,14-10+,17-12-,19-18-/t21-,22+,23+,24+,25+,26-,27-,28+,30-,31+/m1/s1. The summed E-state index contributed by atoms with van der Waals surface area (Å²) in [5.41, 5.74) is 0. The summed E-state index contributed by atoms with van der Waals surface area (Å²) < 4.78 is 5.78. The molecule has 0 aromatic heterocycles. The molecule has 6 nitrogen and oxygen atoms in total. The van der Waals surface area contributed by atoms with Gasteiger partial charge < -0.3 is 25.2 Å². The molecule has 1 aliphatic rings. The third-order valence-electron chi connectivity index (χ3n) is 7.46. The predicted molar refractivity (Wildman–Crippen MR) is 150 cm³/mol. The fraction of sp³-hybridized carbons (Fsp3) is 0.645. The second-order valence-electron chi connectivity index (χ2n) is 10.8. The fourth-order valence-corrected chi connectivity index (χ4v) is 4.68. The molecule has 6 heteroatoms. The zero-order chi connectivity index (χ0) is 28.0. The van der Waals surface area contributed by atoms with Gasteiger partial charge in [-0.2, -0.15) is 0 Å². The average molecular weight is 519 g/mol. The minimum atomic E-state index is -0.822. The lowest BCUT2D eigenvalue weighted by Gasteiger charge is -2.31. The van der Waals surface area contributed by atoms with Crippen molar-refractivity contribution < 1.29 is 30.0 Å². The first kappa shape index (κ1) is 33.0. The van der Waals surface area contributed by atoms with Crippen molar-refractivity contribution in [2.45, 2.75) is 97.2 Å². The molecule has 0 aromatic carbocycles. The van der Waals surface area contributed by atoms with Gasteiger partial charge in [0.05, 0.1) is 24.4 Å². The molecule has 10 atom stereocenters. The van der Waals surface area contributed by atoms with E-state index < -0.39 is 36.5 Å². The molecule has 0 amide bonds. The number of esters is 1. The van der Waals surface area contributed by atoms with Crippen molar-refractivity contribution in [3.63, 3.8) is 0 Å². The fourth-order valence-electron chi connectivity index (χ4n) is 4.68. The smallest absolute Gasteiger partial charge is 0.331 e. The summed E-state index contributed by atoms with van der Waals surface area (Å²) in [5.74, 6) is -1.20. The largest absolute Gasteiger partial charge is 0.458 e. The van der Waals surface area contributed by atoms with Gasteiger partial charge in [0, 0.05) is 36.2 Å². The van der Waals surface area contributed by atoms with Crippen LogP contribution in [0.4, 0.5) is 0 Å². The maximum atomic E-state index is 12.6. The Morgan fingerprint density at radius 2 is 1.62 bits per heavy atom. The quantitative estimate of drug-likeness (QED) is 0.241. The molecule has 4 N–H and O–H groups in total. The number of hydrogen-bond donors (Lipinski definition) is 4. The van der Waals surface area contributed by atoms with Crippen molar-refractivity contribution in [2.24, 2.45) is 29.6 Å². The van der Waals surface area contributed by atoms with Gasteiger partial charge in [-0.05, 0) is 18.8 Å². The van der Waals surface area contributed by atoms with Gasteiger partial charge in [0.15, 0.2) is 0 Å². The van der Waals surface area contributed by atoms with Gasteiger partial charge in [0.1, 0.15) is 6.10 Å². The average Bonchev–Trinajstić information content (AvgIpc) is 2.87. The van der Waals surface area contributed by atoms with Crippen LogP contribution in [0.5, 0.6) is 0 Å². The number of hydrogen-bond acceptors (Lipinski definition) is 6. The Labute approximate surface area is 224 Å². The van der Waals surface area contributed by atoms with Gasteiger partial charge >= 0.3 is 5.97 Å². The summed E-state index contributed by atoms with van der Waals surface area (Å²) in [6, 6.07) is 0. The summed E-state index contributed by atoms with van der Waals surface area (Å²) in [7, 11) is 0. The van der Waals surface area contributed by atoms with Crippen molar-refractivity contribution in [3.05, 3.63) is 61.3 Å². The van der Waals surface area contributed by atoms with Gasteiger partial charge in [-0.25, -0.2) is 4.79 Å². The number of ether oxygens (including phenoxy) is 1. The molecule has 210 valence electrons. The van der Waals surface area contributed by atoms with Crippen molar-refractivity contribution in [3.8, 4) is 0 Å². The van der Waals surface area contributed by atoms with Gasteiger partial charge in [0.25, 0.3) is 0 Å². The lowest BCUT2D eigenvalue weighted by molar-refractivity contribution is -0.150. The molecule has 0 unspecified atom stereocenters. The van der Waals surface area contributed by atoms with Crippen LogP contribution >= 0.6 is 0 Å². The minimum absolute atomic E-state index is 0.0597. The molecular weight excluding hydrogens is 468 g/mol. The Bertz CT molecular complexity index is 785. The topological polar surface area (TPSA) is 107 Å². The molecule has 1 rings (SSSR count). The highest BCUT2D eigenvalue weighted by molar-refractivity contribution is 5.82. The van der Waals surface area contributed by atoms with E-state index in [1.165, 1.54) is 6.08 Å². The summed E-state index contributed by atoms with van der Waals surface area (Å²) in [4.78, 5) is 12.6. The molecule has 0 aromatic rings. The van der Waals surface area contributed by atoms with E-state index >= 15 is 0 Å². The first-order valence-corrected chi connectivity index (χ1v) is 13.7. The molecule has 0 aliphatic carbocycles. The molecule has 0 fully saturated rings. The molecule has 0 spiro atoms. The molecule has 0 saturated carbocycles. The normalized spacial score (nSPS) is 39.5. The van der Waals surface area contributed by atoms with E-state index in [0.29, 0.717) is 6.42 Å². The lowest BCUT2D eigenvalue weighted by Crippen LogP contribution is -2.37. The SMILES string of the molecule is C=C/C=C\[C@H](C)[C@@H]1OC(=O)/C=C\C=C\[C@@H](C)[C@@H](O)C[C@H](O)/C=C\[C@H](C)[C@H](O)[C@@H](C)CCCC[C@@H](O)[C@@H]1C. The number of allylic oxidation sites excluding steroid dienone is 4. The summed E-state index contributed by atoms with van der Waals surface area (Å²) in [5, 5.41) is 42.4. The van der Waals surface area contributed by atoms with Gasteiger partial charge in [-0.15, -0.1) is 0 Å². The van der Waals surface area contributed by atoms with E-state index in [-0.39, 0.29) is 36.0 Å². The summed E-state index contributed by atoms with van der Waals surface area (Å²) >= 11 is 0. The monoisotopic (exact) mass is 518 g/mol. The first-order chi connectivity index (χ1) is 17.5. The van der Waals surface area contributed by atoms with Crippen LogP contribution in [0.2, 0.25) is 0 Å². The Kier molecular flexibility index (Phi) is 15.6. The van der Waals surface area contributed by atoms with Gasteiger partial charge in [-0.1, -0.05) is 103 Å². The molecule has 0 radical (unpaired) electrons. The van der Waals surface area contributed by atoms with E-state index in [4.69, 9.17) is 4.74 Å². The van der Waals surface area contributed by atoms with E-state index in [0.717, 1.165) is 19.3 Å². The van der Waals surface area contributed by atoms with E-state index in [1.54, 1.807) is 30.4 Å². The van der Waals surface area contributed by atoms with Crippen LogP contribution in [0.3, 0.4) is 0 Å². The second-order valence-corrected chi connectivity index (χ2v) is 10.8. The van der Waals surface area contributed by atoms with Crippen LogP contribution in [0, 0.1) is 29.6 Å². The third-order valence-corrected chi connectivity index (χ3v) is 7.46. The van der Waals surface area contributed by atoms with Crippen molar-refractivity contribution in [1.82, 2.24) is 0 Å². The summed E-state index contributed by atoms with van der Waals surface area (Å²) in [6.45, 7) is 13.3. The predicted octanol–water partition coefficient (Wildman–Crippen LogP) is 4.90. The molecule has 1 aliphatic heterocycles. The first-order valence-electron chi connectivity index (χ1n) is 13.7. The van der Waals surface area contributed by atoms with Crippen LogP contribution in [-0.4, -0.2) is 56.9 Å². The number of carbonyl (C=O) groups is 1. The Balaban J connectivity index is 3.10. The number of cyclic esters (lactones) is 1. The molecule has 37 heavy (non-hydrogen) atoms. The second kappa shape index (κ2) is 17.5. The zero-order valence-electron chi connectivity index (χ0n) is 23.3. The maximum absolute atomic E-state index is 12.6. The number of aliphatic hydroxyl groups excluding tert-OH is 4. The van der Waals surface area contributed by atoms with Crippen LogP contribution in [0.25, 0.3) is 0 Å². The van der Waals surface area contributed by atoms with Crippen LogP contribution in [0.15, 0.2) is 61.3 Å². The highest BCUT2D eigenvalue weighted by atomic mass is 16.5. The van der Waals surface area contributed by atoms with Crippen LogP contribution in [-0.2, 0) is 9.53 Å². The van der Waals surface area contributed by atoms with Gasteiger partial charge in [0.2, 0.25) is 0 Å². The highest BCUT2D eigenvalue weighted by Crippen LogP contribution is 2.26. The number of carbonyl (C=O) groups excluding carboxylic acids is 1. The number of rotatable bonds is 3. The zero-order valence-corrected chi connectivity index (χ0v) is 23.3. The molecule has 1 heterocycles. The van der Waals surface area contributed by atoms with E-state index in [2.05, 4.69) is 6.58 Å². The maximum Gasteiger partial charge on any atom is 0.331 e. The van der Waals surface area contributed by atoms with Crippen LogP contribution < -0.4 is 0 Å². The van der Waals surface area contributed by atoms with Crippen molar-refractivity contribution in [1.29, 1.82) is 0 Å². The Morgan fingerprint density at radius 1 is 0.946 bits per heavy atom. The highest BCUT2D eigenvalue weighted by Gasteiger charge is 2.30. The molecular formula is C31H50O6. The Morgan fingerprint density at radius 3 is 2.30 bits per heavy atom.